The van der Waals surface area contributed by atoms with Gasteiger partial charge in [-0.2, -0.15) is 0 Å². The van der Waals surface area contributed by atoms with E-state index in [1.165, 1.54) is 38.6 Å². The molecular formula is C16H31Cl2N3O. The molecule has 130 valence electrons. The second kappa shape index (κ2) is 9.31. The summed E-state index contributed by atoms with van der Waals surface area (Å²) in [6.45, 7) is 2.23. The molecule has 0 aromatic carbocycles. The minimum Gasteiger partial charge on any atom is -0.352 e. The number of carbonyl (C=O) groups is 1. The van der Waals surface area contributed by atoms with Crippen molar-refractivity contribution in [3.05, 3.63) is 0 Å². The van der Waals surface area contributed by atoms with Crippen LogP contribution in [0.1, 0.15) is 57.8 Å². The Kier molecular flexibility index (Phi) is 8.47. The van der Waals surface area contributed by atoms with E-state index in [-0.39, 0.29) is 36.8 Å². The van der Waals surface area contributed by atoms with Crippen LogP contribution in [0.15, 0.2) is 0 Å². The van der Waals surface area contributed by atoms with E-state index < -0.39 is 0 Å². The Balaban J connectivity index is 0.00000121. The van der Waals surface area contributed by atoms with Crippen molar-refractivity contribution >= 4 is 30.7 Å². The van der Waals surface area contributed by atoms with Gasteiger partial charge < -0.3 is 11.1 Å². The van der Waals surface area contributed by atoms with Gasteiger partial charge in [-0.3, -0.25) is 9.69 Å². The molecule has 0 aromatic rings. The van der Waals surface area contributed by atoms with Gasteiger partial charge in [0.1, 0.15) is 0 Å². The molecule has 3 atom stereocenters. The third kappa shape index (κ3) is 4.98. The maximum Gasteiger partial charge on any atom is 0.220 e. The predicted molar refractivity (Wildman–Crippen MR) is 94.8 cm³/mol. The van der Waals surface area contributed by atoms with Gasteiger partial charge in [-0.05, 0) is 38.0 Å². The average molecular weight is 352 g/mol. The zero-order chi connectivity index (χ0) is 13.9. The van der Waals surface area contributed by atoms with Gasteiger partial charge in [0.2, 0.25) is 5.91 Å². The summed E-state index contributed by atoms with van der Waals surface area (Å²) in [6.07, 6.45) is 10.7. The first-order chi connectivity index (χ1) is 9.72. The molecule has 0 aromatic heterocycles. The Hall–Kier alpha value is -0.0300. The number of likely N-dealkylation sites (tertiary alicyclic amines) is 1. The normalized spacial score (nSPS) is 32.5. The lowest BCUT2D eigenvalue weighted by Gasteiger charge is -2.23. The molecule has 1 heterocycles. The quantitative estimate of drug-likeness (QED) is 0.817. The molecule has 1 saturated heterocycles. The van der Waals surface area contributed by atoms with Gasteiger partial charge in [0.15, 0.2) is 0 Å². The number of rotatable bonds is 4. The number of nitrogens with one attached hydrogen (secondary N) is 1. The second-order valence-corrected chi connectivity index (χ2v) is 7.05. The summed E-state index contributed by atoms with van der Waals surface area (Å²) in [7, 11) is 0. The minimum atomic E-state index is 0. The van der Waals surface area contributed by atoms with E-state index in [0.717, 1.165) is 31.8 Å². The number of hydrogen-bond donors (Lipinski definition) is 2. The van der Waals surface area contributed by atoms with Crippen LogP contribution in [0.2, 0.25) is 0 Å². The van der Waals surface area contributed by atoms with Crippen LogP contribution in [0, 0.1) is 5.92 Å². The third-order valence-electron chi connectivity index (χ3n) is 5.59. The van der Waals surface area contributed by atoms with Crippen molar-refractivity contribution in [3.63, 3.8) is 0 Å². The fraction of sp³-hybridized carbons (Fsp3) is 0.938. The molecule has 3 fully saturated rings. The maximum absolute atomic E-state index is 12.1. The summed E-state index contributed by atoms with van der Waals surface area (Å²) in [5.74, 6) is 0.646. The first-order valence-electron chi connectivity index (χ1n) is 8.51. The van der Waals surface area contributed by atoms with Gasteiger partial charge in [-0.15, -0.1) is 24.8 Å². The molecule has 3 rings (SSSR count). The molecule has 3 aliphatic rings. The summed E-state index contributed by atoms with van der Waals surface area (Å²) in [6, 6.07) is 1.42. The lowest BCUT2D eigenvalue weighted by Crippen LogP contribution is -2.40. The molecule has 1 amide bonds. The van der Waals surface area contributed by atoms with Crippen LogP contribution < -0.4 is 11.1 Å². The van der Waals surface area contributed by atoms with E-state index in [1.54, 1.807) is 0 Å². The van der Waals surface area contributed by atoms with Gasteiger partial charge in [-0.25, -0.2) is 0 Å². The molecule has 1 unspecified atom stereocenters. The van der Waals surface area contributed by atoms with E-state index in [4.69, 9.17) is 5.73 Å². The monoisotopic (exact) mass is 351 g/mol. The first-order valence-corrected chi connectivity index (χ1v) is 8.51. The first kappa shape index (κ1) is 20.0. The van der Waals surface area contributed by atoms with Gasteiger partial charge >= 0.3 is 0 Å². The van der Waals surface area contributed by atoms with E-state index in [0.29, 0.717) is 18.4 Å². The molecule has 0 bridgehead atoms. The Bertz CT molecular complexity index is 350. The Morgan fingerprint density at radius 1 is 1.05 bits per heavy atom. The summed E-state index contributed by atoms with van der Waals surface area (Å²) in [5, 5.41) is 3.24. The highest BCUT2D eigenvalue weighted by molar-refractivity contribution is 5.85. The standard InChI is InChI=1S/C16H29N3O.2ClH/c17-15-7-3-4-12(15)10-16(20)18-13-8-9-19(11-13)14-5-1-2-6-14;;/h12-15H,1-11,17H2,(H,18,20);2*1H/t12-,13?,15+;;/m0../s1. The molecule has 4 nitrogen and oxygen atoms in total. The molecule has 2 aliphatic carbocycles. The molecule has 0 spiro atoms. The van der Waals surface area contributed by atoms with Crippen LogP contribution in [0.25, 0.3) is 0 Å². The lowest BCUT2D eigenvalue weighted by molar-refractivity contribution is -0.122. The number of nitrogens with zero attached hydrogens (tertiary/aromatic N) is 1. The zero-order valence-electron chi connectivity index (χ0n) is 13.3. The molecule has 22 heavy (non-hydrogen) atoms. The number of carbonyl (C=O) groups excluding carboxylic acids is 1. The van der Waals surface area contributed by atoms with Crippen molar-refractivity contribution in [1.82, 2.24) is 10.2 Å². The average Bonchev–Trinajstić information content (AvgIpc) is 3.12. The Morgan fingerprint density at radius 3 is 2.41 bits per heavy atom. The SMILES string of the molecule is Cl.Cl.N[C@@H]1CCC[C@H]1CC(=O)NC1CCN(C2CCCC2)C1. The van der Waals surface area contributed by atoms with Crippen LogP contribution in [-0.4, -0.2) is 42.0 Å². The number of amides is 1. The van der Waals surface area contributed by atoms with Crippen LogP contribution in [0.3, 0.4) is 0 Å². The molecule has 2 saturated carbocycles. The molecular weight excluding hydrogens is 321 g/mol. The van der Waals surface area contributed by atoms with E-state index >= 15 is 0 Å². The number of nitrogens with two attached hydrogens (primary N) is 1. The second-order valence-electron chi connectivity index (χ2n) is 7.05. The highest BCUT2D eigenvalue weighted by Crippen LogP contribution is 2.28. The van der Waals surface area contributed by atoms with Crippen molar-refractivity contribution in [3.8, 4) is 0 Å². The van der Waals surface area contributed by atoms with Gasteiger partial charge in [0.25, 0.3) is 0 Å². The Labute approximate surface area is 146 Å². The van der Waals surface area contributed by atoms with Crippen molar-refractivity contribution in [1.29, 1.82) is 0 Å². The molecule has 0 radical (unpaired) electrons. The molecule has 3 N–H and O–H groups in total. The van der Waals surface area contributed by atoms with Crippen molar-refractivity contribution in [2.45, 2.75) is 75.9 Å². The highest BCUT2D eigenvalue weighted by Gasteiger charge is 2.31. The fourth-order valence-corrected chi connectivity index (χ4v) is 4.35. The predicted octanol–water partition coefficient (Wildman–Crippen LogP) is 2.48. The number of halogens is 2. The van der Waals surface area contributed by atoms with Crippen molar-refractivity contribution in [2.24, 2.45) is 11.7 Å². The topological polar surface area (TPSA) is 58.4 Å². The molecule has 1 aliphatic heterocycles. The summed E-state index contributed by atoms with van der Waals surface area (Å²) >= 11 is 0. The van der Waals surface area contributed by atoms with Crippen molar-refractivity contribution < 1.29 is 4.79 Å². The van der Waals surface area contributed by atoms with E-state index in [2.05, 4.69) is 10.2 Å². The minimum absolute atomic E-state index is 0. The maximum atomic E-state index is 12.1. The van der Waals surface area contributed by atoms with Gasteiger partial charge in [0.05, 0.1) is 0 Å². The van der Waals surface area contributed by atoms with Crippen molar-refractivity contribution in [2.75, 3.05) is 13.1 Å². The fourth-order valence-electron chi connectivity index (χ4n) is 4.35. The van der Waals surface area contributed by atoms with Crippen LogP contribution >= 0.6 is 24.8 Å². The smallest absolute Gasteiger partial charge is 0.220 e. The van der Waals surface area contributed by atoms with Gasteiger partial charge in [0, 0.05) is 37.6 Å². The van der Waals surface area contributed by atoms with Crippen LogP contribution in [0.5, 0.6) is 0 Å². The zero-order valence-corrected chi connectivity index (χ0v) is 15.0. The largest absolute Gasteiger partial charge is 0.352 e. The Morgan fingerprint density at radius 2 is 1.77 bits per heavy atom. The highest BCUT2D eigenvalue weighted by atomic mass is 35.5. The van der Waals surface area contributed by atoms with E-state index in [1.807, 2.05) is 0 Å². The summed E-state index contributed by atoms with van der Waals surface area (Å²) < 4.78 is 0. The van der Waals surface area contributed by atoms with Crippen LogP contribution in [0.4, 0.5) is 0 Å². The number of hydrogen-bond acceptors (Lipinski definition) is 3. The summed E-state index contributed by atoms with van der Waals surface area (Å²) in [5.41, 5.74) is 6.05. The van der Waals surface area contributed by atoms with E-state index in [9.17, 15) is 4.79 Å². The lowest BCUT2D eigenvalue weighted by atomic mass is 9.99. The third-order valence-corrected chi connectivity index (χ3v) is 5.59. The van der Waals surface area contributed by atoms with Crippen LogP contribution in [-0.2, 0) is 4.79 Å². The molecule has 6 heteroatoms. The van der Waals surface area contributed by atoms with Gasteiger partial charge in [-0.1, -0.05) is 19.3 Å². The summed E-state index contributed by atoms with van der Waals surface area (Å²) in [4.78, 5) is 14.7.